The third-order valence-corrected chi connectivity index (χ3v) is 2.43. The number of carbonyl (C=O) groups is 1. The van der Waals surface area contributed by atoms with E-state index < -0.39 is 5.91 Å². The predicted octanol–water partition coefficient (Wildman–Crippen LogP) is 1.10. The summed E-state index contributed by atoms with van der Waals surface area (Å²) in [6, 6.07) is 7.08. The van der Waals surface area contributed by atoms with Crippen molar-refractivity contribution in [2.45, 2.75) is 0 Å². The Morgan fingerprint density at radius 3 is 2.92 bits per heavy atom. The maximum absolute atomic E-state index is 11.1. The van der Waals surface area contributed by atoms with Gasteiger partial charge in [-0.25, -0.2) is 4.79 Å². The minimum atomic E-state index is -0.532. The highest BCUT2D eigenvalue weighted by molar-refractivity contribution is 7.46. The van der Waals surface area contributed by atoms with Gasteiger partial charge in [0.25, 0.3) is 5.91 Å². The van der Waals surface area contributed by atoms with Crippen molar-refractivity contribution < 1.29 is 9.59 Å². The summed E-state index contributed by atoms with van der Waals surface area (Å²) >= 11 is 0. The van der Waals surface area contributed by atoms with E-state index in [1.165, 1.54) is 6.08 Å². The number of rotatable bonds is 2. The van der Waals surface area contributed by atoms with E-state index in [0.29, 0.717) is 14.1 Å². The van der Waals surface area contributed by atoms with Crippen LogP contribution in [0.1, 0.15) is 10.4 Å². The molecule has 0 saturated carbocycles. The molecular weight excluding hydrogens is 185 g/mol. The van der Waals surface area contributed by atoms with Crippen molar-refractivity contribution in [1.82, 2.24) is 0 Å². The number of carbonyl (C=O) groups excluding carboxylic acids is 2. The van der Waals surface area contributed by atoms with Crippen molar-refractivity contribution >= 4 is 25.9 Å². The van der Waals surface area contributed by atoms with E-state index in [4.69, 9.17) is 0 Å². The highest BCUT2D eigenvalue weighted by Gasteiger charge is 2.03. The second-order valence-corrected chi connectivity index (χ2v) is 3.42. The zero-order valence-corrected chi connectivity index (χ0v) is 8.07. The first-order valence-corrected chi connectivity index (χ1v) is 5.18. The molecule has 1 aromatic rings. The lowest BCUT2D eigenvalue weighted by molar-refractivity contribution is 0.100. The van der Waals surface area contributed by atoms with Gasteiger partial charge in [-0.1, -0.05) is 20.7 Å². The summed E-state index contributed by atoms with van der Waals surface area (Å²) < 4.78 is 0. The Bertz CT molecular complexity index is 370. The third kappa shape index (κ3) is 2.59. The Kier molecular flexibility index (Phi) is 3.51. The average molecular weight is 193 g/mol. The van der Waals surface area contributed by atoms with Gasteiger partial charge in [0.15, 0.2) is 0 Å². The van der Waals surface area contributed by atoms with E-state index in [1.54, 1.807) is 18.2 Å². The van der Waals surface area contributed by atoms with Gasteiger partial charge in [-0.2, -0.15) is 0 Å². The molecule has 0 fully saturated rings. The lowest BCUT2D eigenvalue weighted by atomic mass is 10.2. The third-order valence-electron chi connectivity index (χ3n) is 1.55. The van der Waals surface area contributed by atoms with Crippen LogP contribution in [-0.2, 0) is 4.79 Å². The van der Waals surface area contributed by atoms with Crippen LogP contribution in [0.25, 0.3) is 0 Å². The second-order valence-electron chi connectivity index (χ2n) is 2.34. The first-order valence-electron chi connectivity index (χ1n) is 3.68. The minimum absolute atomic E-state index is 0.440. The van der Waals surface area contributed by atoms with Gasteiger partial charge in [0, 0.05) is 5.56 Å². The summed E-state index contributed by atoms with van der Waals surface area (Å²) in [5.41, 5.74) is 0.440. The van der Waals surface area contributed by atoms with Crippen molar-refractivity contribution in [2.75, 3.05) is 6.66 Å². The maximum Gasteiger partial charge on any atom is 0.287 e. The van der Waals surface area contributed by atoms with Crippen molar-refractivity contribution in [2.24, 2.45) is 4.99 Å². The predicted molar refractivity (Wildman–Crippen MR) is 52.8 cm³/mol. The molecule has 0 spiro atoms. The van der Waals surface area contributed by atoms with Gasteiger partial charge in [-0.15, -0.1) is 4.99 Å². The summed E-state index contributed by atoms with van der Waals surface area (Å²) in [6.45, 7) is 2.02. The molecule has 0 N–H and O–H groups in total. The molecule has 1 rings (SSSR count). The van der Waals surface area contributed by atoms with Gasteiger partial charge >= 0.3 is 0 Å². The molecule has 1 aromatic carbocycles. The standard InChI is InChI=1S/C9H8NO2P/c1-13-8-4-2-3-7(5-8)9(12)10-6-11/h2-5,13H,1H3. The molecule has 13 heavy (non-hydrogen) atoms. The van der Waals surface area contributed by atoms with Crippen LogP contribution >= 0.6 is 8.58 Å². The van der Waals surface area contributed by atoms with E-state index >= 15 is 0 Å². The van der Waals surface area contributed by atoms with Crippen LogP contribution < -0.4 is 5.30 Å². The molecule has 3 nitrogen and oxygen atoms in total. The fourth-order valence-electron chi connectivity index (χ4n) is 0.914. The van der Waals surface area contributed by atoms with Gasteiger partial charge in [-0.05, 0) is 24.1 Å². The zero-order valence-electron chi connectivity index (χ0n) is 7.07. The molecule has 0 radical (unpaired) electrons. The largest absolute Gasteiger partial charge is 0.287 e. The molecule has 1 atom stereocenters. The quantitative estimate of drug-likeness (QED) is 0.401. The molecule has 0 aliphatic rings. The number of aliphatic imine (C=N–C) groups is 1. The van der Waals surface area contributed by atoms with Gasteiger partial charge in [-0.3, -0.25) is 4.79 Å². The summed E-state index contributed by atoms with van der Waals surface area (Å²) in [5, 5.41) is 1.08. The maximum atomic E-state index is 11.1. The lowest BCUT2D eigenvalue weighted by Gasteiger charge is -1.97. The number of amides is 1. The minimum Gasteiger partial charge on any atom is -0.266 e. The Hall–Kier alpha value is -1.30. The van der Waals surface area contributed by atoms with Gasteiger partial charge in [0.1, 0.15) is 0 Å². The molecule has 66 valence electrons. The highest BCUT2D eigenvalue weighted by Crippen LogP contribution is 2.06. The summed E-state index contributed by atoms with van der Waals surface area (Å²) in [6.07, 6.45) is 1.23. The van der Waals surface area contributed by atoms with Crippen molar-refractivity contribution in [3.05, 3.63) is 29.8 Å². The van der Waals surface area contributed by atoms with Crippen LogP contribution in [0.15, 0.2) is 29.3 Å². The van der Waals surface area contributed by atoms with E-state index in [0.717, 1.165) is 5.30 Å². The summed E-state index contributed by atoms with van der Waals surface area (Å²) in [4.78, 5) is 23.9. The first kappa shape index (κ1) is 9.79. The zero-order chi connectivity index (χ0) is 9.68. The first-order chi connectivity index (χ1) is 6.27. The second kappa shape index (κ2) is 4.66. The van der Waals surface area contributed by atoms with Crippen LogP contribution in [0, 0.1) is 0 Å². The normalized spacial score (nSPS) is 9.92. The SMILES string of the molecule is CPc1cccc(C(=O)N=C=O)c1. The van der Waals surface area contributed by atoms with Gasteiger partial charge in [0.2, 0.25) is 6.08 Å². The van der Waals surface area contributed by atoms with Gasteiger partial charge in [0.05, 0.1) is 0 Å². The molecule has 0 aliphatic heterocycles. The topological polar surface area (TPSA) is 46.5 Å². The average Bonchev–Trinajstić information content (AvgIpc) is 2.18. The van der Waals surface area contributed by atoms with Crippen LogP contribution in [0.2, 0.25) is 0 Å². The van der Waals surface area contributed by atoms with Crippen LogP contribution in [0.4, 0.5) is 0 Å². The Morgan fingerprint density at radius 1 is 1.54 bits per heavy atom. The Labute approximate surface area is 77.7 Å². The van der Waals surface area contributed by atoms with E-state index in [9.17, 15) is 9.59 Å². The number of hydrogen-bond acceptors (Lipinski definition) is 2. The molecular formula is C9H8NO2P. The van der Waals surface area contributed by atoms with Gasteiger partial charge < -0.3 is 0 Å². The van der Waals surface area contributed by atoms with E-state index in [2.05, 4.69) is 4.99 Å². The summed E-state index contributed by atoms with van der Waals surface area (Å²) in [5.74, 6) is -0.532. The molecule has 0 saturated heterocycles. The fourth-order valence-corrected chi connectivity index (χ4v) is 1.48. The Morgan fingerprint density at radius 2 is 2.31 bits per heavy atom. The molecule has 0 heterocycles. The van der Waals surface area contributed by atoms with Crippen molar-refractivity contribution in [3.63, 3.8) is 0 Å². The number of isocyanates is 1. The number of benzene rings is 1. The molecule has 4 heteroatoms. The smallest absolute Gasteiger partial charge is 0.266 e. The van der Waals surface area contributed by atoms with Crippen LogP contribution in [-0.4, -0.2) is 18.7 Å². The molecule has 0 bridgehead atoms. The van der Waals surface area contributed by atoms with Crippen molar-refractivity contribution in [1.29, 1.82) is 0 Å². The monoisotopic (exact) mass is 193 g/mol. The lowest BCUT2D eigenvalue weighted by Crippen LogP contribution is -2.00. The van der Waals surface area contributed by atoms with Crippen molar-refractivity contribution in [3.8, 4) is 0 Å². The number of hydrogen-bond donors (Lipinski definition) is 0. The Balaban J connectivity index is 3.01. The number of nitrogens with zero attached hydrogens (tertiary/aromatic N) is 1. The molecule has 1 amide bonds. The molecule has 0 aliphatic carbocycles. The van der Waals surface area contributed by atoms with E-state index in [1.807, 2.05) is 12.7 Å². The van der Waals surface area contributed by atoms with Crippen LogP contribution in [0.3, 0.4) is 0 Å². The summed E-state index contributed by atoms with van der Waals surface area (Å²) in [7, 11) is 0.629. The molecule has 1 unspecified atom stereocenters. The highest BCUT2D eigenvalue weighted by atomic mass is 31.1. The molecule has 0 aromatic heterocycles. The van der Waals surface area contributed by atoms with Crippen LogP contribution in [0.5, 0.6) is 0 Å². The fraction of sp³-hybridized carbons (Fsp3) is 0.111. The van der Waals surface area contributed by atoms with E-state index in [-0.39, 0.29) is 0 Å².